The van der Waals surface area contributed by atoms with E-state index in [1.54, 1.807) is 6.92 Å². The predicted octanol–water partition coefficient (Wildman–Crippen LogP) is 13.0. The lowest BCUT2D eigenvalue weighted by molar-refractivity contribution is -0.152. The number of esters is 1. The number of hydrogen-bond acceptors (Lipinski definition) is 3. The first-order chi connectivity index (χ1) is 21.1. The smallest absolute Gasteiger partial charge is 0.311 e. The average Bonchev–Trinajstić information content (AvgIpc) is 3.00. The van der Waals surface area contributed by atoms with Gasteiger partial charge in [0, 0.05) is 0 Å². The van der Waals surface area contributed by atoms with Gasteiger partial charge in [-0.05, 0) is 71.1 Å². The number of allylic oxidation sites excluding steroid dienone is 4. The molecule has 2 atom stereocenters. The third kappa shape index (κ3) is 32.1. The van der Waals surface area contributed by atoms with Gasteiger partial charge in [0.2, 0.25) is 0 Å². The maximum absolute atomic E-state index is 12.5. The van der Waals surface area contributed by atoms with Gasteiger partial charge in [0.15, 0.2) is 0 Å². The first-order valence-electron chi connectivity index (χ1n) is 19.3. The summed E-state index contributed by atoms with van der Waals surface area (Å²) in [4.78, 5) is 12.5. The normalized spacial score (nSPS) is 13.3. The van der Waals surface area contributed by atoms with Crippen molar-refractivity contribution in [2.75, 3.05) is 6.61 Å². The topological polar surface area (TPSA) is 46.5 Å². The zero-order valence-electron chi connectivity index (χ0n) is 29.4. The molecule has 43 heavy (non-hydrogen) atoms. The van der Waals surface area contributed by atoms with Gasteiger partial charge < -0.3 is 9.84 Å². The van der Waals surface area contributed by atoms with Crippen molar-refractivity contribution < 1.29 is 14.6 Å². The predicted molar refractivity (Wildman–Crippen MR) is 190 cm³/mol. The van der Waals surface area contributed by atoms with Crippen LogP contribution in [0, 0.1) is 5.92 Å². The molecular weight excluding hydrogens is 528 g/mol. The molecule has 0 aromatic rings. The molecule has 254 valence electrons. The number of ether oxygens (including phenoxy) is 1. The molecule has 0 radical (unpaired) electrons. The summed E-state index contributed by atoms with van der Waals surface area (Å²) < 4.78 is 5.55. The van der Waals surface area contributed by atoms with Crippen LogP contribution in [-0.4, -0.2) is 23.8 Å². The number of hydrogen-bond donors (Lipinski definition) is 1. The number of carbonyl (C=O) groups is 1. The number of carbonyl (C=O) groups excluding carboxylic acids is 1. The van der Waals surface area contributed by atoms with E-state index in [0.29, 0.717) is 6.61 Å². The van der Waals surface area contributed by atoms with Crippen LogP contribution in [0.5, 0.6) is 0 Å². The quantitative estimate of drug-likeness (QED) is 0.0451. The summed E-state index contributed by atoms with van der Waals surface area (Å²) in [7, 11) is 0. The zero-order valence-corrected chi connectivity index (χ0v) is 29.4. The highest BCUT2D eigenvalue weighted by molar-refractivity contribution is 5.73. The summed E-state index contributed by atoms with van der Waals surface area (Å²) in [6.07, 6.45) is 45.4. The van der Waals surface area contributed by atoms with Gasteiger partial charge in [0.05, 0.1) is 18.6 Å². The number of aliphatic hydroxyl groups is 1. The molecule has 0 saturated heterocycles. The fourth-order valence-electron chi connectivity index (χ4n) is 5.80. The third-order valence-corrected chi connectivity index (χ3v) is 8.81. The summed E-state index contributed by atoms with van der Waals surface area (Å²) in [5.74, 6) is -0.568. The highest BCUT2D eigenvalue weighted by Crippen LogP contribution is 2.18. The van der Waals surface area contributed by atoms with Crippen LogP contribution in [0.3, 0.4) is 0 Å². The third-order valence-electron chi connectivity index (χ3n) is 8.81. The molecule has 3 nitrogen and oxygen atoms in total. The Kier molecular flexibility index (Phi) is 34.5. The van der Waals surface area contributed by atoms with Crippen LogP contribution in [0.2, 0.25) is 0 Å². The van der Waals surface area contributed by atoms with E-state index in [9.17, 15) is 9.90 Å². The second-order valence-corrected chi connectivity index (χ2v) is 13.2. The van der Waals surface area contributed by atoms with Crippen molar-refractivity contribution in [2.45, 2.75) is 213 Å². The Balaban J connectivity index is 3.58. The van der Waals surface area contributed by atoms with Crippen molar-refractivity contribution in [3.63, 3.8) is 0 Å². The van der Waals surface area contributed by atoms with E-state index >= 15 is 0 Å². The lowest BCUT2D eigenvalue weighted by Gasteiger charge is -2.18. The Morgan fingerprint density at radius 2 is 0.837 bits per heavy atom. The monoisotopic (exact) mass is 605 g/mol. The summed E-state index contributed by atoms with van der Waals surface area (Å²) >= 11 is 0. The Labute approximate surface area is 270 Å². The minimum Gasteiger partial charge on any atom is -0.465 e. The van der Waals surface area contributed by atoms with Crippen molar-refractivity contribution >= 4 is 5.97 Å². The second kappa shape index (κ2) is 35.4. The molecule has 1 N–H and O–H groups in total. The molecule has 0 aliphatic rings. The van der Waals surface area contributed by atoms with Gasteiger partial charge >= 0.3 is 5.97 Å². The molecule has 0 heterocycles. The van der Waals surface area contributed by atoms with Crippen LogP contribution in [0.1, 0.15) is 207 Å². The zero-order chi connectivity index (χ0) is 31.5. The molecule has 0 aromatic carbocycles. The number of unbranched alkanes of at least 4 members (excludes halogenated alkanes) is 24. The first kappa shape index (κ1) is 41.9. The van der Waals surface area contributed by atoms with E-state index in [2.05, 4.69) is 38.2 Å². The Hall–Kier alpha value is -1.09. The van der Waals surface area contributed by atoms with Gasteiger partial charge in [0.25, 0.3) is 0 Å². The van der Waals surface area contributed by atoms with Gasteiger partial charge in [-0.1, -0.05) is 160 Å². The van der Waals surface area contributed by atoms with Crippen molar-refractivity contribution in [2.24, 2.45) is 5.92 Å². The SMILES string of the molecule is CCCCCCCC/C=C\CCCCCCCCOC(=O)C(CCCCCCCC/C=C\CCCCCCCC)C(C)O. The van der Waals surface area contributed by atoms with Gasteiger partial charge in [-0.15, -0.1) is 0 Å². The Morgan fingerprint density at radius 1 is 0.512 bits per heavy atom. The molecule has 0 spiro atoms. The van der Waals surface area contributed by atoms with Crippen LogP contribution >= 0.6 is 0 Å². The van der Waals surface area contributed by atoms with Gasteiger partial charge in [-0.3, -0.25) is 4.79 Å². The minimum absolute atomic E-state index is 0.199. The lowest BCUT2D eigenvalue weighted by atomic mass is 9.96. The molecular formula is C40H76O3. The van der Waals surface area contributed by atoms with Crippen LogP contribution in [0.4, 0.5) is 0 Å². The fraction of sp³-hybridized carbons (Fsp3) is 0.875. The van der Waals surface area contributed by atoms with E-state index in [1.165, 1.54) is 154 Å². The molecule has 0 aliphatic heterocycles. The highest BCUT2D eigenvalue weighted by Gasteiger charge is 2.24. The number of aliphatic hydroxyl groups excluding tert-OH is 1. The van der Waals surface area contributed by atoms with E-state index in [0.717, 1.165) is 32.1 Å². The van der Waals surface area contributed by atoms with Gasteiger partial charge in [0.1, 0.15) is 0 Å². The molecule has 0 bridgehead atoms. The summed E-state index contributed by atoms with van der Waals surface area (Å²) in [6, 6.07) is 0. The molecule has 0 fully saturated rings. The van der Waals surface area contributed by atoms with Crippen molar-refractivity contribution in [3.05, 3.63) is 24.3 Å². The molecule has 0 saturated carbocycles. The van der Waals surface area contributed by atoms with Crippen LogP contribution < -0.4 is 0 Å². The molecule has 0 aromatic heterocycles. The maximum Gasteiger partial charge on any atom is 0.311 e. The molecule has 2 unspecified atom stereocenters. The maximum atomic E-state index is 12.5. The van der Waals surface area contributed by atoms with E-state index in [-0.39, 0.29) is 11.9 Å². The highest BCUT2D eigenvalue weighted by atomic mass is 16.5. The first-order valence-corrected chi connectivity index (χ1v) is 19.3. The molecule has 0 aliphatic carbocycles. The average molecular weight is 605 g/mol. The fourth-order valence-corrected chi connectivity index (χ4v) is 5.80. The molecule has 0 rings (SSSR count). The van der Waals surface area contributed by atoms with Crippen molar-refractivity contribution in [3.8, 4) is 0 Å². The van der Waals surface area contributed by atoms with E-state index in [4.69, 9.17) is 4.74 Å². The van der Waals surface area contributed by atoms with Crippen LogP contribution in [-0.2, 0) is 9.53 Å². The van der Waals surface area contributed by atoms with Crippen LogP contribution in [0.25, 0.3) is 0 Å². The number of rotatable bonds is 34. The van der Waals surface area contributed by atoms with Crippen molar-refractivity contribution in [1.29, 1.82) is 0 Å². The Bertz CT molecular complexity index is 609. The van der Waals surface area contributed by atoms with E-state index < -0.39 is 6.10 Å². The van der Waals surface area contributed by atoms with Crippen LogP contribution in [0.15, 0.2) is 24.3 Å². The molecule has 0 amide bonds. The largest absolute Gasteiger partial charge is 0.465 e. The lowest BCUT2D eigenvalue weighted by Crippen LogP contribution is -2.28. The summed E-state index contributed by atoms with van der Waals surface area (Å²) in [5, 5.41) is 10.1. The Morgan fingerprint density at radius 3 is 1.21 bits per heavy atom. The minimum atomic E-state index is -0.629. The van der Waals surface area contributed by atoms with Crippen molar-refractivity contribution in [1.82, 2.24) is 0 Å². The van der Waals surface area contributed by atoms with Gasteiger partial charge in [-0.2, -0.15) is 0 Å². The second-order valence-electron chi connectivity index (χ2n) is 13.2. The summed E-state index contributed by atoms with van der Waals surface area (Å²) in [6.45, 7) is 6.78. The standard InChI is InChI=1S/C40H76O3/c1-4-6-8-10-12-14-16-18-20-22-24-26-28-30-32-34-36-39(38(3)41)40(42)43-37-35-33-31-29-27-25-23-21-19-17-15-13-11-9-7-5-2/h18-21,38-39,41H,4-17,22-37H2,1-3H3/b20-18-,21-19-. The van der Waals surface area contributed by atoms with Gasteiger partial charge in [-0.25, -0.2) is 0 Å². The summed E-state index contributed by atoms with van der Waals surface area (Å²) in [5.41, 5.74) is 0. The van der Waals surface area contributed by atoms with E-state index in [1.807, 2.05) is 0 Å². The molecule has 3 heteroatoms.